The lowest BCUT2D eigenvalue weighted by Gasteiger charge is -2.20. The minimum absolute atomic E-state index is 0.00858. The molecular formula is C23H27NO6. The first-order valence-corrected chi connectivity index (χ1v) is 10.7. The summed E-state index contributed by atoms with van der Waals surface area (Å²) < 4.78 is 25.3. The summed E-state index contributed by atoms with van der Waals surface area (Å²) in [5.74, 6) is 1.14. The van der Waals surface area contributed by atoms with Gasteiger partial charge in [0.1, 0.15) is 18.0 Å². The maximum Gasteiger partial charge on any atom is 0.343 e. The van der Waals surface area contributed by atoms with E-state index in [-0.39, 0.29) is 41.9 Å². The third-order valence-electron chi connectivity index (χ3n) is 6.93. The molecule has 0 saturated carbocycles. The van der Waals surface area contributed by atoms with Crippen LogP contribution in [0.2, 0.25) is 0 Å². The Kier molecular flexibility index (Phi) is 4.45. The van der Waals surface area contributed by atoms with Gasteiger partial charge in [-0.2, -0.15) is 0 Å². The molecule has 5 rings (SSSR count). The SMILES string of the molecule is COC1=C(C)C(=O)O/C1=C1/O[C@@H]2CCCn3c(ccc3[C@@H]3C[C@H](C)C(=O)O3)[C@H]2[C@@H]1C. The monoisotopic (exact) mass is 413 g/mol. The van der Waals surface area contributed by atoms with Gasteiger partial charge < -0.3 is 23.5 Å². The molecule has 0 bridgehead atoms. The summed E-state index contributed by atoms with van der Waals surface area (Å²) in [5, 5.41) is 0. The molecular weight excluding hydrogens is 386 g/mol. The van der Waals surface area contributed by atoms with Crippen LogP contribution >= 0.6 is 0 Å². The van der Waals surface area contributed by atoms with Crippen LogP contribution in [-0.2, 0) is 35.1 Å². The van der Waals surface area contributed by atoms with Gasteiger partial charge in [0.25, 0.3) is 0 Å². The van der Waals surface area contributed by atoms with Crippen LogP contribution in [0.25, 0.3) is 0 Å². The molecule has 7 nitrogen and oxygen atoms in total. The van der Waals surface area contributed by atoms with Crippen molar-refractivity contribution in [2.24, 2.45) is 11.8 Å². The van der Waals surface area contributed by atoms with E-state index in [1.165, 1.54) is 5.69 Å². The van der Waals surface area contributed by atoms with E-state index in [0.29, 0.717) is 22.9 Å². The van der Waals surface area contributed by atoms with Crippen LogP contribution in [0.3, 0.4) is 0 Å². The maximum absolute atomic E-state index is 12.1. The Morgan fingerprint density at radius 2 is 1.90 bits per heavy atom. The Labute approximate surface area is 175 Å². The summed E-state index contributed by atoms with van der Waals surface area (Å²) in [4.78, 5) is 24.0. The van der Waals surface area contributed by atoms with Gasteiger partial charge >= 0.3 is 11.9 Å². The summed E-state index contributed by atoms with van der Waals surface area (Å²) in [6, 6.07) is 4.23. The minimum atomic E-state index is -0.389. The van der Waals surface area contributed by atoms with Gasteiger partial charge in [-0.25, -0.2) is 4.79 Å². The molecule has 5 atom stereocenters. The second kappa shape index (κ2) is 6.93. The van der Waals surface area contributed by atoms with Gasteiger partial charge in [0.05, 0.1) is 24.3 Å². The van der Waals surface area contributed by atoms with Crippen molar-refractivity contribution in [2.45, 2.75) is 64.7 Å². The molecule has 30 heavy (non-hydrogen) atoms. The van der Waals surface area contributed by atoms with Gasteiger partial charge in [0, 0.05) is 30.5 Å². The van der Waals surface area contributed by atoms with Gasteiger partial charge in [-0.3, -0.25) is 4.79 Å². The summed E-state index contributed by atoms with van der Waals surface area (Å²) in [5.41, 5.74) is 2.72. The van der Waals surface area contributed by atoms with E-state index in [0.717, 1.165) is 31.5 Å². The Hall–Kier alpha value is -2.70. The number of esters is 2. The van der Waals surface area contributed by atoms with Gasteiger partial charge in [-0.15, -0.1) is 0 Å². The Morgan fingerprint density at radius 1 is 1.13 bits per heavy atom. The molecule has 0 aromatic carbocycles. The number of hydrogen-bond acceptors (Lipinski definition) is 6. The smallest absolute Gasteiger partial charge is 0.343 e. The van der Waals surface area contributed by atoms with Crippen molar-refractivity contribution in [2.75, 3.05) is 7.11 Å². The Bertz CT molecular complexity index is 986. The largest absolute Gasteiger partial charge is 0.492 e. The molecule has 2 fully saturated rings. The molecule has 5 heterocycles. The number of fused-ring (bicyclic) bond motifs is 3. The summed E-state index contributed by atoms with van der Waals surface area (Å²) in [6.07, 6.45) is 2.42. The van der Waals surface area contributed by atoms with Crippen LogP contribution in [0.15, 0.2) is 35.0 Å². The highest BCUT2D eigenvalue weighted by Gasteiger charge is 2.47. The van der Waals surface area contributed by atoms with E-state index in [2.05, 4.69) is 23.6 Å². The third kappa shape index (κ3) is 2.71. The Balaban J connectivity index is 1.52. The van der Waals surface area contributed by atoms with Gasteiger partial charge in [0.2, 0.25) is 5.76 Å². The van der Waals surface area contributed by atoms with E-state index in [4.69, 9.17) is 18.9 Å². The van der Waals surface area contributed by atoms with Crippen molar-refractivity contribution in [3.8, 4) is 0 Å². The number of carbonyl (C=O) groups excluding carboxylic acids is 2. The van der Waals surface area contributed by atoms with Crippen LogP contribution in [0, 0.1) is 11.8 Å². The number of nitrogens with zero attached hydrogens (tertiary/aromatic N) is 1. The van der Waals surface area contributed by atoms with Crippen LogP contribution < -0.4 is 0 Å². The average Bonchev–Trinajstić information content (AvgIpc) is 3.40. The van der Waals surface area contributed by atoms with Gasteiger partial charge in [0.15, 0.2) is 5.76 Å². The van der Waals surface area contributed by atoms with Crippen molar-refractivity contribution >= 4 is 11.9 Å². The molecule has 1 aromatic heterocycles. The van der Waals surface area contributed by atoms with Crippen molar-refractivity contribution in [1.82, 2.24) is 4.57 Å². The number of methoxy groups -OCH3 is 1. The summed E-state index contributed by atoms with van der Waals surface area (Å²) in [6.45, 7) is 6.61. The molecule has 0 amide bonds. The van der Waals surface area contributed by atoms with E-state index >= 15 is 0 Å². The lowest BCUT2D eigenvalue weighted by Crippen LogP contribution is -2.18. The van der Waals surface area contributed by atoms with E-state index in [9.17, 15) is 9.59 Å². The summed E-state index contributed by atoms with van der Waals surface area (Å²) >= 11 is 0. The predicted molar refractivity (Wildman–Crippen MR) is 106 cm³/mol. The predicted octanol–water partition coefficient (Wildman–Crippen LogP) is 3.71. The lowest BCUT2D eigenvalue weighted by atomic mass is 9.86. The molecule has 0 radical (unpaired) electrons. The fourth-order valence-corrected chi connectivity index (χ4v) is 5.34. The van der Waals surface area contributed by atoms with Crippen LogP contribution in [0.4, 0.5) is 0 Å². The molecule has 0 spiro atoms. The topological polar surface area (TPSA) is 76.0 Å². The molecule has 0 unspecified atom stereocenters. The Morgan fingerprint density at radius 3 is 2.60 bits per heavy atom. The number of carbonyl (C=O) groups is 2. The third-order valence-corrected chi connectivity index (χ3v) is 6.93. The molecule has 0 N–H and O–H groups in total. The first-order chi connectivity index (χ1) is 14.4. The first-order valence-electron chi connectivity index (χ1n) is 10.7. The van der Waals surface area contributed by atoms with Crippen molar-refractivity contribution in [3.05, 3.63) is 46.4 Å². The minimum Gasteiger partial charge on any atom is -0.492 e. The zero-order chi connectivity index (χ0) is 21.2. The number of aromatic nitrogens is 1. The van der Waals surface area contributed by atoms with Gasteiger partial charge in [-0.05, 0) is 31.9 Å². The normalized spacial score (nSPS) is 35.5. The molecule has 4 aliphatic heterocycles. The molecule has 1 aromatic rings. The second-order valence-corrected chi connectivity index (χ2v) is 8.75. The van der Waals surface area contributed by atoms with Crippen LogP contribution in [0.5, 0.6) is 0 Å². The molecule has 2 saturated heterocycles. The van der Waals surface area contributed by atoms with Crippen molar-refractivity contribution in [1.29, 1.82) is 0 Å². The van der Waals surface area contributed by atoms with Crippen molar-refractivity contribution in [3.63, 3.8) is 0 Å². The van der Waals surface area contributed by atoms with E-state index < -0.39 is 0 Å². The number of allylic oxidation sites excluding steroid dienone is 1. The highest BCUT2D eigenvalue weighted by Crippen LogP contribution is 2.50. The van der Waals surface area contributed by atoms with Crippen molar-refractivity contribution < 1.29 is 28.5 Å². The van der Waals surface area contributed by atoms with Crippen LogP contribution in [-0.4, -0.2) is 29.7 Å². The quantitative estimate of drug-likeness (QED) is 0.688. The highest BCUT2D eigenvalue weighted by molar-refractivity contribution is 5.93. The lowest BCUT2D eigenvalue weighted by molar-refractivity contribution is -0.144. The second-order valence-electron chi connectivity index (χ2n) is 8.75. The average molecular weight is 413 g/mol. The summed E-state index contributed by atoms with van der Waals surface area (Å²) in [7, 11) is 1.54. The van der Waals surface area contributed by atoms with E-state index in [1.807, 2.05) is 6.92 Å². The molecule has 0 aliphatic carbocycles. The number of ether oxygens (including phenoxy) is 4. The highest BCUT2D eigenvalue weighted by atomic mass is 16.6. The number of cyclic esters (lactones) is 2. The number of hydrogen-bond donors (Lipinski definition) is 0. The fraction of sp³-hybridized carbons (Fsp3) is 0.565. The standard InChI is InChI=1S/C23H27NO6/c1-11-10-17(29-22(11)25)14-7-8-15-18-12(2)20(28-16(18)6-5-9-24(14)15)21-19(27-4)13(3)23(26)30-21/h7-8,11-12,16-18H,5-6,9-10H2,1-4H3/b21-20+/t11-,12-,16+,17-,18+/m0/s1. The maximum atomic E-state index is 12.1. The zero-order valence-electron chi connectivity index (χ0n) is 17.8. The zero-order valence-corrected chi connectivity index (χ0v) is 17.8. The first kappa shape index (κ1) is 19.3. The molecule has 4 aliphatic rings. The fourth-order valence-electron chi connectivity index (χ4n) is 5.34. The molecule has 160 valence electrons. The van der Waals surface area contributed by atoms with Crippen LogP contribution in [0.1, 0.15) is 63.4 Å². The molecule has 7 heteroatoms. The van der Waals surface area contributed by atoms with E-state index in [1.54, 1.807) is 14.0 Å². The van der Waals surface area contributed by atoms with Gasteiger partial charge in [-0.1, -0.05) is 13.8 Å². The number of rotatable bonds is 2.